The Kier molecular flexibility index (Phi) is 5.37. The van der Waals surface area contributed by atoms with Gasteiger partial charge in [-0.2, -0.15) is 0 Å². The quantitative estimate of drug-likeness (QED) is 0.856. The van der Waals surface area contributed by atoms with Crippen molar-refractivity contribution < 1.29 is 4.79 Å². The van der Waals surface area contributed by atoms with Gasteiger partial charge in [-0.15, -0.1) is 0 Å². The molecule has 22 heavy (non-hydrogen) atoms. The molecule has 2 rings (SSSR count). The van der Waals surface area contributed by atoms with E-state index in [9.17, 15) is 4.79 Å². The first-order valence-corrected chi connectivity index (χ1v) is 8.08. The summed E-state index contributed by atoms with van der Waals surface area (Å²) in [5.74, 6) is 0.0727. The molecular formula is C18H21BrN2O. The van der Waals surface area contributed by atoms with E-state index in [0.29, 0.717) is 6.54 Å². The number of nitrogens with two attached hydrogens (primary N) is 1. The van der Waals surface area contributed by atoms with E-state index in [-0.39, 0.29) is 11.8 Å². The van der Waals surface area contributed by atoms with E-state index in [1.54, 1.807) is 6.92 Å². The molecule has 4 heteroatoms. The van der Waals surface area contributed by atoms with Crippen LogP contribution < -0.4 is 11.1 Å². The van der Waals surface area contributed by atoms with Gasteiger partial charge in [0.25, 0.3) is 0 Å². The molecule has 0 aromatic heterocycles. The summed E-state index contributed by atoms with van der Waals surface area (Å²) < 4.78 is 0.963. The number of amides is 1. The summed E-state index contributed by atoms with van der Waals surface area (Å²) in [6.45, 7) is 4.38. The molecule has 2 atom stereocenters. The molecule has 2 aromatic rings. The number of carbonyl (C=O) groups is 1. The Balaban J connectivity index is 2.00. The van der Waals surface area contributed by atoms with Crippen LogP contribution in [0.25, 0.3) is 0 Å². The zero-order valence-electron chi connectivity index (χ0n) is 12.8. The van der Waals surface area contributed by atoms with Gasteiger partial charge in [0.05, 0.1) is 0 Å². The molecule has 0 aliphatic rings. The molecule has 1 amide bonds. The predicted molar refractivity (Wildman–Crippen MR) is 93.5 cm³/mol. The van der Waals surface area contributed by atoms with Crippen molar-refractivity contribution in [3.8, 4) is 0 Å². The largest absolute Gasteiger partial charge is 0.354 e. The number of hydrogen-bond acceptors (Lipinski definition) is 2. The van der Waals surface area contributed by atoms with Crippen LogP contribution in [-0.2, 0) is 10.3 Å². The van der Waals surface area contributed by atoms with Crippen molar-refractivity contribution in [2.24, 2.45) is 5.73 Å². The van der Waals surface area contributed by atoms with Crippen molar-refractivity contribution in [2.75, 3.05) is 6.54 Å². The fraction of sp³-hybridized carbons (Fsp3) is 0.278. The van der Waals surface area contributed by atoms with E-state index in [2.05, 4.69) is 40.3 Å². The lowest BCUT2D eigenvalue weighted by atomic mass is 9.92. The van der Waals surface area contributed by atoms with Crippen LogP contribution in [0.15, 0.2) is 59.1 Å². The summed E-state index contributed by atoms with van der Waals surface area (Å²) in [6, 6.07) is 17.6. The van der Waals surface area contributed by atoms with Gasteiger partial charge in [0, 0.05) is 11.0 Å². The van der Waals surface area contributed by atoms with E-state index >= 15 is 0 Å². The van der Waals surface area contributed by atoms with Crippen LogP contribution >= 0.6 is 15.9 Å². The molecule has 0 bridgehead atoms. The number of benzene rings is 2. The van der Waals surface area contributed by atoms with Crippen LogP contribution in [-0.4, -0.2) is 12.5 Å². The van der Waals surface area contributed by atoms with Gasteiger partial charge in [-0.05, 0) is 36.1 Å². The Hall–Kier alpha value is -1.65. The highest BCUT2D eigenvalue weighted by molar-refractivity contribution is 9.10. The lowest BCUT2D eigenvalue weighted by molar-refractivity contribution is -0.126. The van der Waals surface area contributed by atoms with E-state index in [1.807, 2.05) is 42.5 Å². The fourth-order valence-electron chi connectivity index (χ4n) is 2.26. The molecule has 2 aromatic carbocycles. The molecule has 2 unspecified atom stereocenters. The van der Waals surface area contributed by atoms with Crippen LogP contribution in [0.3, 0.4) is 0 Å². The average Bonchev–Trinajstić information content (AvgIpc) is 2.53. The SMILES string of the molecule is CC(CNC(=O)C(C)(N)c1ccc(Br)cc1)c1ccccc1. The number of halogens is 1. The molecule has 0 radical (unpaired) electrons. The van der Waals surface area contributed by atoms with Crippen molar-refractivity contribution in [1.82, 2.24) is 5.32 Å². The number of hydrogen-bond donors (Lipinski definition) is 2. The zero-order chi connectivity index (χ0) is 16.2. The van der Waals surface area contributed by atoms with Gasteiger partial charge in [-0.25, -0.2) is 0 Å². The van der Waals surface area contributed by atoms with E-state index in [4.69, 9.17) is 5.73 Å². The Morgan fingerprint density at radius 1 is 1.18 bits per heavy atom. The molecular weight excluding hydrogens is 340 g/mol. The maximum absolute atomic E-state index is 12.4. The summed E-state index contributed by atoms with van der Waals surface area (Å²) in [6.07, 6.45) is 0. The van der Waals surface area contributed by atoms with Crippen molar-refractivity contribution in [3.63, 3.8) is 0 Å². The van der Waals surface area contributed by atoms with Gasteiger partial charge < -0.3 is 11.1 Å². The molecule has 0 saturated carbocycles. The van der Waals surface area contributed by atoms with Crippen molar-refractivity contribution in [2.45, 2.75) is 25.3 Å². The highest BCUT2D eigenvalue weighted by atomic mass is 79.9. The van der Waals surface area contributed by atoms with Gasteiger partial charge in [0.1, 0.15) is 5.54 Å². The average molecular weight is 361 g/mol. The molecule has 0 saturated heterocycles. The van der Waals surface area contributed by atoms with E-state index in [1.165, 1.54) is 5.56 Å². The van der Waals surface area contributed by atoms with Gasteiger partial charge >= 0.3 is 0 Å². The predicted octanol–water partition coefficient (Wildman–Crippen LogP) is 3.54. The summed E-state index contributed by atoms with van der Waals surface area (Å²) in [5, 5.41) is 2.96. The Labute approximate surface area is 140 Å². The molecule has 0 aliphatic carbocycles. The van der Waals surface area contributed by atoms with Crippen molar-refractivity contribution >= 4 is 21.8 Å². The van der Waals surface area contributed by atoms with Gasteiger partial charge in [0.15, 0.2) is 0 Å². The van der Waals surface area contributed by atoms with Crippen LogP contribution in [0.4, 0.5) is 0 Å². The normalized spacial score (nSPS) is 14.9. The van der Waals surface area contributed by atoms with Crippen LogP contribution in [0.5, 0.6) is 0 Å². The molecule has 3 nitrogen and oxygen atoms in total. The third-order valence-electron chi connectivity index (χ3n) is 3.85. The molecule has 0 aliphatic heterocycles. The molecule has 0 spiro atoms. The molecule has 0 fully saturated rings. The monoisotopic (exact) mass is 360 g/mol. The third kappa shape index (κ3) is 3.96. The lowest BCUT2D eigenvalue weighted by Gasteiger charge is -2.25. The topological polar surface area (TPSA) is 55.1 Å². The number of nitrogens with one attached hydrogen (secondary N) is 1. The first-order chi connectivity index (χ1) is 10.4. The highest BCUT2D eigenvalue weighted by Crippen LogP contribution is 2.21. The molecule has 3 N–H and O–H groups in total. The second kappa shape index (κ2) is 7.07. The summed E-state index contributed by atoms with van der Waals surface area (Å²) in [7, 11) is 0. The zero-order valence-corrected chi connectivity index (χ0v) is 14.4. The summed E-state index contributed by atoms with van der Waals surface area (Å²) in [4.78, 5) is 12.4. The Bertz CT molecular complexity index is 623. The maximum atomic E-state index is 12.4. The summed E-state index contributed by atoms with van der Waals surface area (Å²) >= 11 is 3.38. The van der Waals surface area contributed by atoms with Crippen LogP contribution in [0.2, 0.25) is 0 Å². The van der Waals surface area contributed by atoms with Crippen molar-refractivity contribution in [3.05, 3.63) is 70.2 Å². The first kappa shape index (κ1) is 16.7. The van der Waals surface area contributed by atoms with Crippen LogP contribution in [0.1, 0.15) is 30.9 Å². The third-order valence-corrected chi connectivity index (χ3v) is 4.38. The van der Waals surface area contributed by atoms with Gasteiger partial charge in [-0.3, -0.25) is 4.79 Å². The minimum Gasteiger partial charge on any atom is -0.354 e. The first-order valence-electron chi connectivity index (χ1n) is 7.29. The maximum Gasteiger partial charge on any atom is 0.244 e. The second-order valence-electron chi connectivity index (χ2n) is 5.73. The number of carbonyl (C=O) groups excluding carboxylic acids is 1. The van der Waals surface area contributed by atoms with Crippen LogP contribution in [0, 0.1) is 0 Å². The van der Waals surface area contributed by atoms with E-state index in [0.717, 1.165) is 10.0 Å². The smallest absolute Gasteiger partial charge is 0.244 e. The summed E-state index contributed by atoms with van der Waals surface area (Å²) in [5.41, 5.74) is 7.18. The molecule has 0 heterocycles. The van der Waals surface area contributed by atoms with Crippen molar-refractivity contribution in [1.29, 1.82) is 0 Å². The molecule has 116 valence electrons. The lowest BCUT2D eigenvalue weighted by Crippen LogP contribution is -2.49. The fourth-order valence-corrected chi connectivity index (χ4v) is 2.52. The Morgan fingerprint density at radius 2 is 1.77 bits per heavy atom. The van der Waals surface area contributed by atoms with Gasteiger partial charge in [0.2, 0.25) is 5.91 Å². The van der Waals surface area contributed by atoms with E-state index < -0.39 is 5.54 Å². The highest BCUT2D eigenvalue weighted by Gasteiger charge is 2.30. The standard InChI is InChI=1S/C18H21BrN2O/c1-13(14-6-4-3-5-7-14)12-21-17(22)18(2,20)15-8-10-16(19)11-9-15/h3-11,13H,12,20H2,1-2H3,(H,21,22). The minimum absolute atomic E-state index is 0.169. The minimum atomic E-state index is -1.04. The second-order valence-corrected chi connectivity index (χ2v) is 6.65. The van der Waals surface area contributed by atoms with Gasteiger partial charge in [-0.1, -0.05) is 65.3 Å². The number of rotatable bonds is 5. The Morgan fingerprint density at radius 3 is 2.36 bits per heavy atom.